The van der Waals surface area contributed by atoms with Gasteiger partial charge in [0.25, 0.3) is 0 Å². The number of hydrogen-bond acceptors (Lipinski definition) is 4. The zero-order valence-electron chi connectivity index (χ0n) is 10.2. The number of carbonyl (C=O) groups excluding carboxylic acids is 2. The van der Waals surface area contributed by atoms with Gasteiger partial charge in [0.1, 0.15) is 0 Å². The van der Waals surface area contributed by atoms with E-state index in [0.29, 0.717) is 6.54 Å². The van der Waals surface area contributed by atoms with Gasteiger partial charge in [-0.25, -0.2) is 14.6 Å². The molecule has 0 aliphatic heterocycles. The second kappa shape index (κ2) is 5.35. The van der Waals surface area contributed by atoms with Crippen LogP contribution in [0.2, 0.25) is 0 Å². The lowest BCUT2D eigenvalue weighted by Gasteiger charge is -2.21. The Morgan fingerprint density at radius 1 is 1.24 bits per heavy atom. The Morgan fingerprint density at radius 3 is 2.53 bits per heavy atom. The summed E-state index contributed by atoms with van der Waals surface area (Å²) in [6.07, 6.45) is 3.10. The summed E-state index contributed by atoms with van der Waals surface area (Å²) in [5.74, 6) is 0. The summed E-state index contributed by atoms with van der Waals surface area (Å²) in [5, 5.41) is 0. The Balaban J connectivity index is 3.27. The van der Waals surface area contributed by atoms with Crippen molar-refractivity contribution in [2.24, 2.45) is 9.98 Å². The Bertz CT molecular complexity index is 508. The first-order valence-electron chi connectivity index (χ1n) is 5.24. The Kier molecular flexibility index (Phi) is 4.11. The topological polar surface area (TPSA) is 58.9 Å². The minimum absolute atomic E-state index is 0.296. The number of isocyanates is 2. The molecule has 0 atom stereocenters. The molecule has 0 amide bonds. The van der Waals surface area contributed by atoms with Crippen molar-refractivity contribution >= 4 is 12.2 Å². The van der Waals surface area contributed by atoms with Gasteiger partial charge in [-0.05, 0) is 37.5 Å². The molecule has 0 fully saturated rings. The molecule has 0 bridgehead atoms. The molecule has 0 N–H and O–H groups in total. The Labute approximate surface area is 100 Å². The molecule has 0 saturated heterocycles. The fourth-order valence-electron chi connectivity index (χ4n) is 1.81. The van der Waals surface area contributed by atoms with Crippen molar-refractivity contribution in [1.82, 2.24) is 0 Å². The molecule has 0 aliphatic rings. The molecule has 0 spiro atoms. The van der Waals surface area contributed by atoms with E-state index in [1.165, 1.54) is 6.08 Å². The van der Waals surface area contributed by atoms with Gasteiger partial charge in [0.2, 0.25) is 12.2 Å². The van der Waals surface area contributed by atoms with E-state index < -0.39 is 5.54 Å². The number of nitrogens with zero attached hydrogens (tertiary/aromatic N) is 2. The molecule has 88 valence electrons. The van der Waals surface area contributed by atoms with Gasteiger partial charge in [0.05, 0.1) is 12.1 Å². The van der Waals surface area contributed by atoms with E-state index in [1.54, 1.807) is 6.08 Å². The minimum Gasteiger partial charge on any atom is -0.211 e. The summed E-state index contributed by atoms with van der Waals surface area (Å²) in [6.45, 7) is 5.90. The van der Waals surface area contributed by atoms with Gasteiger partial charge in [-0.1, -0.05) is 18.2 Å². The van der Waals surface area contributed by atoms with Gasteiger partial charge in [0.15, 0.2) is 0 Å². The summed E-state index contributed by atoms with van der Waals surface area (Å²) >= 11 is 0. The highest BCUT2D eigenvalue weighted by atomic mass is 16.1. The third-order valence-corrected chi connectivity index (χ3v) is 2.74. The summed E-state index contributed by atoms with van der Waals surface area (Å²) in [4.78, 5) is 27.9. The van der Waals surface area contributed by atoms with Gasteiger partial charge in [-0.2, -0.15) is 4.99 Å². The molecule has 4 nitrogen and oxygen atoms in total. The first kappa shape index (κ1) is 13.0. The van der Waals surface area contributed by atoms with Crippen LogP contribution >= 0.6 is 0 Å². The molecule has 0 unspecified atom stereocenters. The van der Waals surface area contributed by atoms with E-state index in [9.17, 15) is 9.59 Å². The van der Waals surface area contributed by atoms with Crippen LogP contribution < -0.4 is 0 Å². The zero-order chi connectivity index (χ0) is 12.9. The third kappa shape index (κ3) is 2.97. The Morgan fingerprint density at radius 2 is 1.94 bits per heavy atom. The van der Waals surface area contributed by atoms with Crippen molar-refractivity contribution in [3.63, 3.8) is 0 Å². The average molecular weight is 230 g/mol. The molecule has 0 aromatic heterocycles. The highest BCUT2D eigenvalue weighted by Gasteiger charge is 2.22. The smallest absolute Gasteiger partial charge is 0.211 e. The molecule has 4 heteroatoms. The normalized spacial score (nSPS) is 10.3. The van der Waals surface area contributed by atoms with Crippen molar-refractivity contribution in [2.75, 3.05) is 0 Å². The molecule has 0 saturated carbocycles. The van der Waals surface area contributed by atoms with Crippen LogP contribution in [0.5, 0.6) is 0 Å². The first-order valence-corrected chi connectivity index (χ1v) is 5.24. The fourth-order valence-corrected chi connectivity index (χ4v) is 1.81. The number of benzene rings is 1. The van der Waals surface area contributed by atoms with Crippen LogP contribution in [-0.4, -0.2) is 12.2 Å². The van der Waals surface area contributed by atoms with E-state index >= 15 is 0 Å². The van der Waals surface area contributed by atoms with Gasteiger partial charge in [0, 0.05) is 0 Å². The number of aliphatic imine (C=N–C) groups is 2. The van der Waals surface area contributed by atoms with Crippen LogP contribution in [0.15, 0.2) is 28.2 Å². The van der Waals surface area contributed by atoms with Crippen LogP contribution in [0.1, 0.15) is 30.5 Å². The molecule has 0 heterocycles. The molecule has 17 heavy (non-hydrogen) atoms. The van der Waals surface area contributed by atoms with Crippen LogP contribution in [0, 0.1) is 6.92 Å². The van der Waals surface area contributed by atoms with Gasteiger partial charge in [-0.3, -0.25) is 0 Å². The maximum absolute atomic E-state index is 10.4. The second-order valence-electron chi connectivity index (χ2n) is 4.26. The van der Waals surface area contributed by atoms with E-state index in [-0.39, 0.29) is 0 Å². The van der Waals surface area contributed by atoms with Crippen LogP contribution in [0.4, 0.5) is 0 Å². The summed E-state index contributed by atoms with van der Waals surface area (Å²) in [6, 6.07) is 5.66. The largest absolute Gasteiger partial charge is 0.235 e. The standard InChI is InChI=1S/C13H14N2O2/c1-10-11(7-14-8-16)5-4-6-12(10)13(2,3)15-9-17/h4-6H,7H2,1-3H3. The van der Waals surface area contributed by atoms with Crippen molar-refractivity contribution in [1.29, 1.82) is 0 Å². The van der Waals surface area contributed by atoms with E-state index in [0.717, 1.165) is 16.7 Å². The van der Waals surface area contributed by atoms with E-state index in [4.69, 9.17) is 0 Å². The van der Waals surface area contributed by atoms with Crippen molar-refractivity contribution in [3.8, 4) is 0 Å². The highest BCUT2D eigenvalue weighted by molar-refractivity contribution is 5.43. The maximum atomic E-state index is 10.4. The predicted molar refractivity (Wildman–Crippen MR) is 64.2 cm³/mol. The van der Waals surface area contributed by atoms with Crippen molar-refractivity contribution in [2.45, 2.75) is 32.9 Å². The van der Waals surface area contributed by atoms with Gasteiger partial charge >= 0.3 is 0 Å². The average Bonchev–Trinajstić information content (AvgIpc) is 2.27. The lowest BCUT2D eigenvalue weighted by molar-refractivity contribution is 0.520. The lowest BCUT2D eigenvalue weighted by atomic mass is 9.89. The van der Waals surface area contributed by atoms with Crippen LogP contribution in [0.3, 0.4) is 0 Å². The summed E-state index contributed by atoms with van der Waals surface area (Å²) in [5.41, 5.74) is 2.22. The molecular weight excluding hydrogens is 216 g/mol. The number of rotatable bonds is 4. The van der Waals surface area contributed by atoms with E-state index in [1.807, 2.05) is 39.0 Å². The van der Waals surface area contributed by atoms with E-state index in [2.05, 4.69) is 9.98 Å². The molecular formula is C13H14N2O2. The Hall–Kier alpha value is -2.02. The lowest BCUT2D eigenvalue weighted by Crippen LogP contribution is -2.16. The monoisotopic (exact) mass is 230 g/mol. The zero-order valence-corrected chi connectivity index (χ0v) is 10.2. The fraction of sp³-hybridized carbons (Fsp3) is 0.385. The third-order valence-electron chi connectivity index (χ3n) is 2.74. The summed E-state index contributed by atoms with van der Waals surface area (Å²) in [7, 11) is 0. The first-order chi connectivity index (χ1) is 8.03. The van der Waals surface area contributed by atoms with Crippen LogP contribution in [0.25, 0.3) is 0 Å². The van der Waals surface area contributed by atoms with Crippen molar-refractivity contribution in [3.05, 3.63) is 34.9 Å². The van der Waals surface area contributed by atoms with Crippen LogP contribution in [-0.2, 0) is 21.7 Å². The molecule has 0 aliphatic carbocycles. The van der Waals surface area contributed by atoms with Gasteiger partial charge < -0.3 is 0 Å². The summed E-state index contributed by atoms with van der Waals surface area (Å²) < 4.78 is 0. The quantitative estimate of drug-likeness (QED) is 0.589. The number of hydrogen-bond donors (Lipinski definition) is 0. The predicted octanol–water partition coefficient (Wildman–Crippen LogP) is 2.40. The molecule has 1 aromatic rings. The maximum Gasteiger partial charge on any atom is 0.235 e. The van der Waals surface area contributed by atoms with Gasteiger partial charge in [-0.15, -0.1) is 0 Å². The molecule has 1 aromatic carbocycles. The second-order valence-corrected chi connectivity index (χ2v) is 4.26. The molecule has 0 radical (unpaired) electrons. The SMILES string of the molecule is Cc1c(CN=C=O)cccc1C(C)(C)N=C=O. The minimum atomic E-state index is -0.618. The molecule has 1 rings (SSSR count). The van der Waals surface area contributed by atoms with Crippen molar-refractivity contribution < 1.29 is 9.59 Å². The highest BCUT2D eigenvalue weighted by Crippen LogP contribution is 2.29.